The molecule has 0 aliphatic rings. The van der Waals surface area contributed by atoms with Crippen LogP contribution in [0.4, 0.5) is 13.2 Å². The minimum Gasteiger partial charge on any atom is -0.469 e. The number of nitrogens with zero attached hydrogens (tertiary/aromatic N) is 4. The van der Waals surface area contributed by atoms with E-state index in [0.717, 1.165) is 0 Å². The van der Waals surface area contributed by atoms with Crippen molar-refractivity contribution in [1.29, 1.82) is 0 Å². The summed E-state index contributed by atoms with van der Waals surface area (Å²) in [6.07, 6.45) is 0.382. The molecule has 0 atom stereocenters. The Kier molecular flexibility index (Phi) is 6.59. The predicted molar refractivity (Wildman–Crippen MR) is 112 cm³/mol. The molecule has 0 aliphatic carbocycles. The summed E-state index contributed by atoms with van der Waals surface area (Å²) >= 11 is 5.36. The molecule has 3 heterocycles. The Bertz CT molecular complexity index is 1020. The lowest BCUT2D eigenvalue weighted by atomic mass is 10.1. The number of esters is 1. The first-order chi connectivity index (χ1) is 13.2. The van der Waals surface area contributed by atoms with E-state index in [9.17, 15) is 18.0 Å². The molecule has 0 aromatic carbocycles. The van der Waals surface area contributed by atoms with E-state index in [-0.39, 0.29) is 18.5 Å². The van der Waals surface area contributed by atoms with Gasteiger partial charge in [-0.15, -0.1) is 0 Å². The molecule has 3 aromatic heterocycles. The van der Waals surface area contributed by atoms with Gasteiger partial charge in [0.15, 0.2) is 11.3 Å². The third-order valence-electron chi connectivity index (χ3n) is 3.97. The second-order valence-electron chi connectivity index (χ2n) is 5.79. The molecule has 28 heavy (non-hydrogen) atoms. The average Bonchev–Trinajstić information content (AvgIpc) is 3.22. The predicted octanol–water partition coefficient (Wildman–Crippen LogP) is 5.48. The van der Waals surface area contributed by atoms with Crippen LogP contribution in [0.15, 0.2) is 29.1 Å². The SMILES string of the molecule is COC(=O)CCCn1cc(-c2cn(SI)c3ncc(Br)cc23)c(C(F)(F)F)n1. The minimum atomic E-state index is -4.62. The standard InChI is InChI=1S/C16H13BrF3IN4O2S/c1-27-13(26)3-2-4-24-7-12(14(23-24)16(18,19)20)11-8-25(28-21)15-10(11)5-9(17)6-22-15/h5-8H,2-4H2,1H3. The molecular formula is C16H13BrF3IN4O2S. The summed E-state index contributed by atoms with van der Waals surface area (Å²) in [6.45, 7) is 0.166. The van der Waals surface area contributed by atoms with E-state index in [1.807, 2.05) is 21.2 Å². The Morgan fingerprint density at radius 3 is 2.75 bits per heavy atom. The first-order valence-corrected chi connectivity index (χ1v) is 12.0. The van der Waals surface area contributed by atoms with E-state index in [1.165, 1.54) is 27.1 Å². The minimum absolute atomic E-state index is 0.0281. The summed E-state index contributed by atoms with van der Waals surface area (Å²) in [5, 5.41) is 4.32. The lowest BCUT2D eigenvalue weighted by molar-refractivity contribution is -0.142. The summed E-state index contributed by atoms with van der Waals surface area (Å²) in [7, 11) is 2.58. The van der Waals surface area contributed by atoms with Crippen molar-refractivity contribution in [3.05, 3.63) is 34.8 Å². The lowest BCUT2D eigenvalue weighted by Crippen LogP contribution is -2.10. The van der Waals surface area contributed by atoms with Crippen molar-refractivity contribution in [3.8, 4) is 11.1 Å². The maximum atomic E-state index is 13.6. The number of aromatic nitrogens is 4. The van der Waals surface area contributed by atoms with Gasteiger partial charge in [-0.1, -0.05) is 0 Å². The molecule has 6 nitrogen and oxygen atoms in total. The number of carbonyl (C=O) groups excluding carboxylic acids is 1. The number of carbonyl (C=O) groups is 1. The highest BCUT2D eigenvalue weighted by molar-refractivity contribution is 14.2. The normalized spacial score (nSPS) is 11.9. The smallest absolute Gasteiger partial charge is 0.435 e. The van der Waals surface area contributed by atoms with E-state index in [2.05, 4.69) is 30.7 Å². The van der Waals surface area contributed by atoms with Gasteiger partial charge in [-0.05, 0) is 28.4 Å². The number of hydrogen-bond donors (Lipinski definition) is 0. The topological polar surface area (TPSA) is 61.9 Å². The summed E-state index contributed by atoms with van der Waals surface area (Å²) in [5.74, 6) is -0.415. The van der Waals surface area contributed by atoms with Gasteiger partial charge in [0.2, 0.25) is 0 Å². The first-order valence-electron chi connectivity index (χ1n) is 7.92. The van der Waals surface area contributed by atoms with E-state index in [4.69, 9.17) is 0 Å². The molecule has 0 aliphatic heterocycles. The summed E-state index contributed by atoms with van der Waals surface area (Å²) in [6, 6.07) is 1.73. The molecule has 3 rings (SSSR count). The van der Waals surface area contributed by atoms with Crippen molar-refractivity contribution in [2.24, 2.45) is 0 Å². The van der Waals surface area contributed by atoms with Crippen LogP contribution in [0.3, 0.4) is 0 Å². The van der Waals surface area contributed by atoms with Crippen LogP contribution in [0.5, 0.6) is 0 Å². The maximum Gasteiger partial charge on any atom is 0.435 e. The molecule has 0 spiro atoms. The molecule has 0 amide bonds. The number of hydrogen-bond acceptors (Lipinski definition) is 5. The zero-order chi connectivity index (χ0) is 20.5. The Labute approximate surface area is 182 Å². The van der Waals surface area contributed by atoms with E-state index >= 15 is 0 Å². The number of aryl methyl sites for hydroxylation is 1. The van der Waals surface area contributed by atoms with Gasteiger partial charge in [0.05, 0.1) is 7.11 Å². The summed E-state index contributed by atoms with van der Waals surface area (Å²) in [4.78, 5) is 15.5. The van der Waals surface area contributed by atoms with Crippen molar-refractivity contribution in [1.82, 2.24) is 18.7 Å². The molecule has 12 heteroatoms. The Morgan fingerprint density at radius 2 is 2.11 bits per heavy atom. The average molecular weight is 589 g/mol. The summed E-state index contributed by atoms with van der Waals surface area (Å²) < 4.78 is 49.0. The molecule has 0 bridgehead atoms. The van der Waals surface area contributed by atoms with Crippen molar-refractivity contribution in [3.63, 3.8) is 0 Å². The van der Waals surface area contributed by atoms with Crippen LogP contribution in [-0.4, -0.2) is 31.8 Å². The fourth-order valence-electron chi connectivity index (χ4n) is 2.75. The van der Waals surface area contributed by atoms with Gasteiger partial charge in [0, 0.05) is 82.9 Å². The Morgan fingerprint density at radius 1 is 1.36 bits per heavy atom. The molecule has 0 saturated carbocycles. The number of halogens is 5. The number of rotatable bonds is 6. The van der Waals surface area contributed by atoms with Crippen LogP contribution in [0.2, 0.25) is 0 Å². The quantitative estimate of drug-likeness (QED) is 0.282. The summed E-state index contributed by atoms with van der Waals surface area (Å²) in [5.41, 5.74) is -0.0496. The van der Waals surface area contributed by atoms with Crippen molar-refractivity contribution in [2.45, 2.75) is 25.6 Å². The van der Waals surface area contributed by atoms with E-state index < -0.39 is 17.8 Å². The van der Waals surface area contributed by atoms with Crippen molar-refractivity contribution < 1.29 is 22.7 Å². The molecule has 0 radical (unpaired) electrons. The van der Waals surface area contributed by atoms with E-state index in [0.29, 0.717) is 27.5 Å². The molecular weight excluding hydrogens is 576 g/mol. The van der Waals surface area contributed by atoms with Gasteiger partial charge >= 0.3 is 12.1 Å². The largest absolute Gasteiger partial charge is 0.469 e. The van der Waals surface area contributed by atoms with Crippen LogP contribution in [0.1, 0.15) is 18.5 Å². The third-order valence-corrected chi connectivity index (χ3v) is 6.10. The lowest BCUT2D eigenvalue weighted by Gasteiger charge is -2.05. The van der Waals surface area contributed by atoms with Crippen molar-refractivity contribution >= 4 is 63.3 Å². The second-order valence-corrected chi connectivity index (χ2v) is 8.42. The number of ether oxygens (including phenoxy) is 1. The number of methoxy groups -OCH3 is 1. The van der Waals surface area contributed by atoms with Gasteiger partial charge in [-0.3, -0.25) is 13.4 Å². The zero-order valence-electron chi connectivity index (χ0n) is 14.3. The third kappa shape index (κ3) is 4.48. The Hall–Kier alpha value is -1.28. The molecule has 3 aromatic rings. The number of fused-ring (bicyclic) bond motifs is 1. The van der Waals surface area contributed by atoms with Gasteiger partial charge < -0.3 is 4.74 Å². The maximum absolute atomic E-state index is 13.6. The van der Waals surface area contributed by atoms with E-state index in [1.54, 1.807) is 22.4 Å². The van der Waals surface area contributed by atoms with Gasteiger partial charge in [-0.2, -0.15) is 18.3 Å². The van der Waals surface area contributed by atoms with Crippen LogP contribution in [0, 0.1) is 0 Å². The van der Waals surface area contributed by atoms with Crippen molar-refractivity contribution in [2.75, 3.05) is 7.11 Å². The molecule has 0 unspecified atom stereocenters. The molecule has 0 N–H and O–H groups in total. The first kappa shape index (κ1) is 21.4. The van der Waals surface area contributed by atoms with Crippen LogP contribution in [0.25, 0.3) is 22.2 Å². The zero-order valence-corrected chi connectivity index (χ0v) is 18.9. The van der Waals surface area contributed by atoms with Gasteiger partial charge in [0.25, 0.3) is 0 Å². The molecule has 0 saturated heterocycles. The molecule has 150 valence electrons. The fraction of sp³-hybridized carbons (Fsp3) is 0.312. The monoisotopic (exact) mass is 588 g/mol. The highest BCUT2D eigenvalue weighted by Crippen LogP contribution is 2.41. The highest BCUT2D eigenvalue weighted by Gasteiger charge is 2.38. The number of alkyl halides is 3. The second kappa shape index (κ2) is 8.61. The van der Waals surface area contributed by atoms with Gasteiger partial charge in [-0.25, -0.2) is 4.98 Å². The fourth-order valence-corrected chi connectivity index (χ4v) is 4.34. The van der Waals surface area contributed by atoms with Crippen LogP contribution >= 0.6 is 46.3 Å². The Balaban J connectivity index is 2.07. The van der Waals surface area contributed by atoms with Crippen LogP contribution < -0.4 is 0 Å². The van der Waals surface area contributed by atoms with Crippen LogP contribution in [-0.2, 0) is 22.3 Å². The highest BCUT2D eigenvalue weighted by atomic mass is 127. The number of pyridine rings is 1. The van der Waals surface area contributed by atoms with Gasteiger partial charge in [0.1, 0.15) is 0 Å². The molecule has 0 fully saturated rings.